The van der Waals surface area contributed by atoms with Crippen molar-refractivity contribution in [2.24, 2.45) is 0 Å². The van der Waals surface area contributed by atoms with E-state index in [0.717, 1.165) is 12.8 Å². The molecule has 1 unspecified atom stereocenters. The Labute approximate surface area is 70.4 Å². The van der Waals surface area contributed by atoms with Gasteiger partial charge in [-0.1, -0.05) is 13.8 Å². The maximum Gasteiger partial charge on any atom is 0.0352 e. The fourth-order valence-electron chi connectivity index (χ4n) is 0.646. The standard InChI is InChI=1S/C6H16N2O2S/c1-3-5-7-8(6-4-2)11(9)10/h7H,3-6H2,1-2H3,(H,9,10)/p-1. The van der Waals surface area contributed by atoms with Crippen molar-refractivity contribution in [3.8, 4) is 0 Å². The second-order valence-electron chi connectivity index (χ2n) is 2.23. The molecule has 68 valence electrons. The van der Waals surface area contributed by atoms with Crippen LogP contribution in [0.4, 0.5) is 0 Å². The minimum Gasteiger partial charge on any atom is -0.759 e. The topological polar surface area (TPSA) is 55.4 Å². The average Bonchev–Trinajstić information content (AvgIpc) is 1.97. The molecule has 0 amide bonds. The van der Waals surface area contributed by atoms with Crippen LogP contribution < -0.4 is 5.43 Å². The van der Waals surface area contributed by atoms with Crippen LogP contribution in [-0.4, -0.2) is 26.3 Å². The molecule has 5 heteroatoms. The molecular weight excluding hydrogens is 164 g/mol. The van der Waals surface area contributed by atoms with Gasteiger partial charge in [0.05, 0.1) is 0 Å². The maximum absolute atomic E-state index is 10.5. The molecule has 1 N–H and O–H groups in total. The van der Waals surface area contributed by atoms with Gasteiger partial charge in [-0.2, -0.15) is 4.41 Å². The Morgan fingerprint density at radius 3 is 2.45 bits per heavy atom. The minimum atomic E-state index is -2.13. The molecule has 11 heavy (non-hydrogen) atoms. The number of nitrogens with one attached hydrogen (secondary N) is 1. The molecular formula is C6H15N2O2S-. The van der Waals surface area contributed by atoms with Gasteiger partial charge in [0, 0.05) is 24.4 Å². The summed E-state index contributed by atoms with van der Waals surface area (Å²) < 4.78 is 22.1. The Hall–Kier alpha value is 0.0300. The van der Waals surface area contributed by atoms with Crippen LogP contribution >= 0.6 is 0 Å². The van der Waals surface area contributed by atoms with E-state index in [1.807, 2.05) is 13.8 Å². The minimum absolute atomic E-state index is 0.538. The second kappa shape index (κ2) is 6.72. The van der Waals surface area contributed by atoms with E-state index in [9.17, 15) is 8.76 Å². The zero-order valence-corrected chi connectivity index (χ0v) is 7.82. The van der Waals surface area contributed by atoms with Crippen LogP contribution in [0.25, 0.3) is 0 Å². The Balaban J connectivity index is 3.60. The van der Waals surface area contributed by atoms with Crippen molar-refractivity contribution < 1.29 is 8.76 Å². The predicted molar refractivity (Wildman–Crippen MR) is 44.2 cm³/mol. The molecule has 0 fully saturated rings. The van der Waals surface area contributed by atoms with E-state index in [1.165, 1.54) is 4.41 Å². The zero-order valence-electron chi connectivity index (χ0n) is 7.00. The predicted octanol–water partition coefficient (Wildman–Crippen LogP) is 0.407. The summed E-state index contributed by atoms with van der Waals surface area (Å²) in [5.41, 5.74) is 2.79. The van der Waals surface area contributed by atoms with Gasteiger partial charge in [-0.05, 0) is 12.8 Å². The van der Waals surface area contributed by atoms with E-state index >= 15 is 0 Å². The fourth-order valence-corrected chi connectivity index (χ4v) is 1.17. The highest BCUT2D eigenvalue weighted by Crippen LogP contribution is 1.89. The summed E-state index contributed by atoms with van der Waals surface area (Å²) in [5, 5.41) is 0. The summed E-state index contributed by atoms with van der Waals surface area (Å²) in [7, 11) is 0. The summed E-state index contributed by atoms with van der Waals surface area (Å²) in [6, 6.07) is 0. The van der Waals surface area contributed by atoms with Crippen molar-refractivity contribution in [2.45, 2.75) is 26.7 Å². The first-order valence-electron chi connectivity index (χ1n) is 3.82. The molecule has 0 heterocycles. The summed E-state index contributed by atoms with van der Waals surface area (Å²) in [5.74, 6) is 0. The number of hydrazine groups is 1. The molecule has 0 aliphatic rings. The van der Waals surface area contributed by atoms with Gasteiger partial charge < -0.3 is 4.55 Å². The van der Waals surface area contributed by atoms with Gasteiger partial charge in [0.1, 0.15) is 0 Å². The Morgan fingerprint density at radius 2 is 2.09 bits per heavy atom. The second-order valence-corrected chi connectivity index (χ2v) is 3.10. The van der Waals surface area contributed by atoms with Crippen LogP contribution in [0.3, 0.4) is 0 Å². The molecule has 1 atom stereocenters. The first-order chi connectivity index (χ1) is 5.22. The van der Waals surface area contributed by atoms with E-state index in [4.69, 9.17) is 0 Å². The van der Waals surface area contributed by atoms with Gasteiger partial charge in [0.15, 0.2) is 0 Å². The molecule has 0 saturated heterocycles. The molecule has 0 spiro atoms. The van der Waals surface area contributed by atoms with Crippen molar-refractivity contribution in [2.75, 3.05) is 13.1 Å². The summed E-state index contributed by atoms with van der Waals surface area (Å²) >= 11 is -2.13. The molecule has 0 aliphatic carbocycles. The highest BCUT2D eigenvalue weighted by atomic mass is 32.2. The van der Waals surface area contributed by atoms with Crippen LogP contribution in [0.1, 0.15) is 26.7 Å². The van der Waals surface area contributed by atoms with Crippen molar-refractivity contribution in [3.05, 3.63) is 0 Å². The van der Waals surface area contributed by atoms with Crippen molar-refractivity contribution in [3.63, 3.8) is 0 Å². The molecule has 0 aromatic carbocycles. The van der Waals surface area contributed by atoms with Crippen LogP contribution in [0.5, 0.6) is 0 Å². The third kappa shape index (κ3) is 5.32. The van der Waals surface area contributed by atoms with Crippen LogP contribution in [-0.2, 0) is 11.3 Å². The number of hydrogen-bond acceptors (Lipinski definition) is 3. The molecule has 0 radical (unpaired) electrons. The first-order valence-corrected chi connectivity index (χ1v) is 4.86. The number of nitrogens with zero attached hydrogens (tertiary/aromatic N) is 1. The highest BCUT2D eigenvalue weighted by molar-refractivity contribution is 7.76. The lowest BCUT2D eigenvalue weighted by Crippen LogP contribution is -2.40. The molecule has 0 aliphatic heterocycles. The third-order valence-electron chi connectivity index (χ3n) is 1.14. The van der Waals surface area contributed by atoms with Crippen molar-refractivity contribution >= 4 is 11.3 Å². The van der Waals surface area contributed by atoms with Gasteiger partial charge in [-0.3, -0.25) is 4.21 Å². The van der Waals surface area contributed by atoms with Crippen molar-refractivity contribution in [1.29, 1.82) is 0 Å². The van der Waals surface area contributed by atoms with Gasteiger partial charge in [-0.25, -0.2) is 5.43 Å². The summed E-state index contributed by atoms with van der Waals surface area (Å²) in [6.07, 6.45) is 1.75. The Morgan fingerprint density at radius 1 is 1.45 bits per heavy atom. The molecule has 0 aromatic heterocycles. The average molecular weight is 179 g/mol. The first kappa shape index (κ1) is 11.0. The van der Waals surface area contributed by atoms with E-state index in [-0.39, 0.29) is 0 Å². The van der Waals surface area contributed by atoms with E-state index in [1.54, 1.807) is 0 Å². The van der Waals surface area contributed by atoms with E-state index in [0.29, 0.717) is 13.1 Å². The molecule has 0 aromatic rings. The largest absolute Gasteiger partial charge is 0.759 e. The van der Waals surface area contributed by atoms with Crippen molar-refractivity contribution in [1.82, 2.24) is 9.84 Å². The monoisotopic (exact) mass is 179 g/mol. The molecule has 4 nitrogen and oxygen atoms in total. The summed E-state index contributed by atoms with van der Waals surface area (Å²) in [6.45, 7) is 5.17. The number of rotatable bonds is 6. The zero-order chi connectivity index (χ0) is 8.69. The lowest BCUT2D eigenvalue weighted by Gasteiger charge is -2.23. The Bertz CT molecular complexity index is 121. The van der Waals surface area contributed by atoms with Gasteiger partial charge >= 0.3 is 0 Å². The van der Waals surface area contributed by atoms with Gasteiger partial charge in [0.25, 0.3) is 0 Å². The van der Waals surface area contributed by atoms with Crippen LogP contribution in [0, 0.1) is 0 Å². The Kier molecular flexibility index (Phi) is 6.74. The quantitative estimate of drug-likeness (QED) is 0.474. The van der Waals surface area contributed by atoms with Crippen LogP contribution in [0.15, 0.2) is 0 Å². The lowest BCUT2D eigenvalue weighted by molar-refractivity contribution is 0.304. The number of hydrogen-bond donors (Lipinski definition) is 1. The van der Waals surface area contributed by atoms with Gasteiger partial charge in [0.2, 0.25) is 0 Å². The van der Waals surface area contributed by atoms with E-state index < -0.39 is 11.3 Å². The van der Waals surface area contributed by atoms with Crippen LogP contribution in [0.2, 0.25) is 0 Å². The van der Waals surface area contributed by atoms with E-state index in [2.05, 4.69) is 5.43 Å². The SMILES string of the molecule is CCCNN(CCC)S(=O)[O-]. The smallest absolute Gasteiger partial charge is 0.0352 e. The normalized spacial score (nSPS) is 13.8. The highest BCUT2D eigenvalue weighted by Gasteiger charge is 2.00. The lowest BCUT2D eigenvalue weighted by atomic mass is 10.5. The fraction of sp³-hybridized carbons (Fsp3) is 1.00. The van der Waals surface area contributed by atoms with Gasteiger partial charge in [-0.15, -0.1) is 0 Å². The molecule has 0 rings (SSSR count). The molecule has 0 bridgehead atoms. The molecule has 0 saturated carbocycles. The maximum atomic E-state index is 10.5. The third-order valence-corrected chi connectivity index (χ3v) is 1.82. The summed E-state index contributed by atoms with van der Waals surface area (Å²) in [4.78, 5) is 0.